The van der Waals surface area contributed by atoms with Crippen LogP contribution >= 0.6 is 0 Å². The van der Waals surface area contributed by atoms with Gasteiger partial charge in [-0.2, -0.15) is 0 Å². The maximum atomic E-state index is 3.76. The monoisotopic (exact) mass is 284 g/mol. The maximum Gasteiger partial charge on any atom is 0.0102 e. The van der Waals surface area contributed by atoms with E-state index in [1.54, 1.807) is 0 Å². The molecule has 0 saturated carbocycles. The van der Waals surface area contributed by atoms with Gasteiger partial charge in [-0.1, -0.05) is 66.2 Å². The van der Waals surface area contributed by atoms with Crippen LogP contribution in [0.2, 0.25) is 0 Å². The molecule has 20 heavy (non-hydrogen) atoms. The van der Waals surface area contributed by atoms with Crippen molar-refractivity contribution in [3.63, 3.8) is 0 Å². The molecule has 0 aliphatic heterocycles. The minimum Gasteiger partial charge on any atom is -0.317 e. The first kappa shape index (κ1) is 19.9. The third kappa shape index (κ3) is 12.9. The van der Waals surface area contributed by atoms with Crippen LogP contribution < -0.4 is 10.6 Å². The molecule has 122 valence electrons. The highest BCUT2D eigenvalue weighted by Crippen LogP contribution is 2.08. The largest absolute Gasteiger partial charge is 0.317 e. The van der Waals surface area contributed by atoms with Gasteiger partial charge in [0.15, 0.2) is 0 Å². The van der Waals surface area contributed by atoms with E-state index >= 15 is 0 Å². The molecule has 1 unspecified atom stereocenters. The summed E-state index contributed by atoms with van der Waals surface area (Å²) in [6.07, 6.45) is 12.3. The molecule has 0 amide bonds. The zero-order chi connectivity index (χ0) is 15.1. The average molecular weight is 285 g/mol. The summed E-state index contributed by atoms with van der Waals surface area (Å²) in [5.74, 6) is 0.739. The zero-order valence-corrected chi connectivity index (χ0v) is 14.6. The van der Waals surface area contributed by atoms with Crippen molar-refractivity contribution in [2.75, 3.05) is 19.6 Å². The van der Waals surface area contributed by atoms with Gasteiger partial charge >= 0.3 is 0 Å². The van der Waals surface area contributed by atoms with Crippen LogP contribution in [0.1, 0.15) is 85.5 Å². The first-order valence-electron chi connectivity index (χ1n) is 9.16. The molecule has 0 bridgehead atoms. The van der Waals surface area contributed by atoms with Crippen LogP contribution in [0.3, 0.4) is 0 Å². The van der Waals surface area contributed by atoms with E-state index in [-0.39, 0.29) is 0 Å². The summed E-state index contributed by atoms with van der Waals surface area (Å²) in [4.78, 5) is 0. The molecule has 1 atom stereocenters. The van der Waals surface area contributed by atoms with Crippen molar-refractivity contribution in [3.8, 4) is 0 Å². The van der Waals surface area contributed by atoms with Crippen molar-refractivity contribution >= 4 is 0 Å². The Bertz CT molecular complexity index is 180. The Labute approximate surface area is 128 Å². The molecule has 0 radical (unpaired) electrons. The smallest absolute Gasteiger partial charge is 0.0102 e. The van der Waals surface area contributed by atoms with E-state index in [2.05, 4.69) is 38.3 Å². The lowest BCUT2D eigenvalue weighted by Crippen LogP contribution is -2.37. The zero-order valence-electron chi connectivity index (χ0n) is 14.6. The second-order valence-corrected chi connectivity index (χ2v) is 6.46. The average Bonchev–Trinajstić information content (AvgIpc) is 2.43. The van der Waals surface area contributed by atoms with E-state index in [4.69, 9.17) is 0 Å². The summed E-state index contributed by atoms with van der Waals surface area (Å²) in [6, 6.07) is 0.680. The SMILES string of the molecule is CCCCCCCCCNC(CCNCCC)C(C)C. The summed E-state index contributed by atoms with van der Waals surface area (Å²) in [7, 11) is 0. The first-order chi connectivity index (χ1) is 9.72. The Morgan fingerprint density at radius 3 is 1.95 bits per heavy atom. The van der Waals surface area contributed by atoms with Gasteiger partial charge in [-0.25, -0.2) is 0 Å². The molecular formula is C18H40N2. The van der Waals surface area contributed by atoms with Crippen LogP contribution in [0, 0.1) is 5.92 Å². The fraction of sp³-hybridized carbons (Fsp3) is 1.00. The molecule has 0 aromatic rings. The van der Waals surface area contributed by atoms with Crippen molar-refractivity contribution in [2.45, 2.75) is 91.5 Å². The number of hydrogen-bond acceptors (Lipinski definition) is 2. The molecule has 0 fully saturated rings. The van der Waals surface area contributed by atoms with Gasteiger partial charge in [-0.05, 0) is 44.8 Å². The molecule has 0 rings (SSSR count). The minimum atomic E-state index is 0.680. The second kappa shape index (κ2) is 15.3. The van der Waals surface area contributed by atoms with E-state index < -0.39 is 0 Å². The van der Waals surface area contributed by atoms with Gasteiger partial charge < -0.3 is 10.6 Å². The molecule has 0 saturated heterocycles. The van der Waals surface area contributed by atoms with Crippen molar-refractivity contribution in [3.05, 3.63) is 0 Å². The van der Waals surface area contributed by atoms with Crippen molar-refractivity contribution in [1.82, 2.24) is 10.6 Å². The van der Waals surface area contributed by atoms with Crippen molar-refractivity contribution < 1.29 is 0 Å². The summed E-state index contributed by atoms with van der Waals surface area (Å²) in [6.45, 7) is 12.7. The van der Waals surface area contributed by atoms with E-state index in [0.29, 0.717) is 6.04 Å². The third-order valence-corrected chi connectivity index (χ3v) is 4.05. The lowest BCUT2D eigenvalue weighted by molar-refractivity contribution is 0.366. The van der Waals surface area contributed by atoms with Crippen LogP contribution in [-0.4, -0.2) is 25.7 Å². The Morgan fingerprint density at radius 2 is 1.35 bits per heavy atom. The Kier molecular flexibility index (Phi) is 15.3. The fourth-order valence-corrected chi connectivity index (χ4v) is 2.60. The van der Waals surface area contributed by atoms with Gasteiger partial charge in [0.05, 0.1) is 0 Å². The Balaban J connectivity index is 3.46. The van der Waals surface area contributed by atoms with Gasteiger partial charge in [0, 0.05) is 6.04 Å². The van der Waals surface area contributed by atoms with Crippen LogP contribution in [0.15, 0.2) is 0 Å². The topological polar surface area (TPSA) is 24.1 Å². The van der Waals surface area contributed by atoms with Gasteiger partial charge in [0.25, 0.3) is 0 Å². The Morgan fingerprint density at radius 1 is 0.700 bits per heavy atom. The van der Waals surface area contributed by atoms with Gasteiger partial charge in [-0.3, -0.25) is 0 Å². The minimum absolute atomic E-state index is 0.680. The molecule has 0 aromatic heterocycles. The van der Waals surface area contributed by atoms with Gasteiger partial charge in [0.2, 0.25) is 0 Å². The number of rotatable bonds is 15. The predicted octanol–water partition coefficient (Wildman–Crippen LogP) is 4.74. The van der Waals surface area contributed by atoms with Crippen molar-refractivity contribution in [2.24, 2.45) is 5.92 Å². The summed E-state index contributed by atoms with van der Waals surface area (Å²) < 4.78 is 0. The highest BCUT2D eigenvalue weighted by molar-refractivity contribution is 4.71. The molecule has 0 aliphatic rings. The molecule has 2 nitrogen and oxygen atoms in total. The van der Waals surface area contributed by atoms with E-state index in [1.807, 2.05) is 0 Å². The fourth-order valence-electron chi connectivity index (χ4n) is 2.60. The molecule has 2 heteroatoms. The second-order valence-electron chi connectivity index (χ2n) is 6.46. The molecule has 0 aromatic carbocycles. The summed E-state index contributed by atoms with van der Waals surface area (Å²) in [5, 5.41) is 7.27. The molecular weight excluding hydrogens is 244 g/mol. The highest BCUT2D eigenvalue weighted by Gasteiger charge is 2.11. The molecule has 2 N–H and O–H groups in total. The standard InChI is InChI=1S/C18H40N2/c1-5-7-8-9-10-11-12-15-20-18(17(3)4)13-16-19-14-6-2/h17-20H,5-16H2,1-4H3. The van der Waals surface area contributed by atoms with Crippen molar-refractivity contribution in [1.29, 1.82) is 0 Å². The Hall–Kier alpha value is -0.0800. The number of hydrogen-bond donors (Lipinski definition) is 2. The van der Waals surface area contributed by atoms with Crippen LogP contribution in [0.5, 0.6) is 0 Å². The lowest BCUT2D eigenvalue weighted by atomic mass is 10.0. The molecule has 0 heterocycles. The maximum absolute atomic E-state index is 3.76. The summed E-state index contributed by atoms with van der Waals surface area (Å²) in [5.41, 5.74) is 0. The van der Waals surface area contributed by atoms with E-state index in [9.17, 15) is 0 Å². The number of unbranched alkanes of at least 4 members (excludes halogenated alkanes) is 6. The van der Waals surface area contributed by atoms with Gasteiger partial charge in [-0.15, -0.1) is 0 Å². The highest BCUT2D eigenvalue weighted by atomic mass is 14.9. The predicted molar refractivity (Wildman–Crippen MR) is 92.4 cm³/mol. The van der Waals surface area contributed by atoms with Gasteiger partial charge in [0.1, 0.15) is 0 Å². The van der Waals surface area contributed by atoms with Crippen LogP contribution in [0.4, 0.5) is 0 Å². The van der Waals surface area contributed by atoms with E-state index in [1.165, 1.54) is 64.3 Å². The third-order valence-electron chi connectivity index (χ3n) is 4.05. The molecule has 0 aliphatic carbocycles. The van der Waals surface area contributed by atoms with Crippen LogP contribution in [0.25, 0.3) is 0 Å². The first-order valence-corrected chi connectivity index (χ1v) is 9.16. The number of nitrogens with one attached hydrogen (secondary N) is 2. The van der Waals surface area contributed by atoms with Crippen LogP contribution in [-0.2, 0) is 0 Å². The molecule has 0 spiro atoms. The summed E-state index contributed by atoms with van der Waals surface area (Å²) >= 11 is 0. The normalized spacial score (nSPS) is 13.1. The van der Waals surface area contributed by atoms with E-state index in [0.717, 1.165) is 19.0 Å². The lowest BCUT2D eigenvalue weighted by Gasteiger charge is -2.22. The quantitative estimate of drug-likeness (QED) is 0.424.